The van der Waals surface area contributed by atoms with Crippen LogP contribution in [0.2, 0.25) is 0 Å². The zero-order valence-corrected chi connectivity index (χ0v) is 11.2. The third-order valence-corrected chi connectivity index (χ3v) is 2.72. The van der Waals surface area contributed by atoms with E-state index in [0.717, 1.165) is 18.5 Å². The molecule has 1 atom stereocenters. The highest BCUT2D eigenvalue weighted by Gasteiger charge is 2.20. The Hall–Kier alpha value is -1.55. The summed E-state index contributed by atoms with van der Waals surface area (Å²) in [5, 5.41) is 9.17. The van der Waals surface area contributed by atoms with E-state index in [0.29, 0.717) is 12.2 Å². The number of aliphatic carboxylic acids is 1. The van der Waals surface area contributed by atoms with Crippen LogP contribution in [-0.2, 0) is 9.53 Å². The molecule has 4 nitrogen and oxygen atoms in total. The van der Waals surface area contributed by atoms with Gasteiger partial charge in [-0.3, -0.25) is 0 Å². The Kier molecular flexibility index (Phi) is 5.65. The molecule has 18 heavy (non-hydrogen) atoms. The topological polar surface area (TPSA) is 49.8 Å². The number of ether oxygens (including phenoxy) is 1. The number of unbranched alkanes of at least 4 members (excludes halogenated alkanes) is 1. The lowest BCUT2D eigenvalue weighted by Gasteiger charge is -2.16. The summed E-state index contributed by atoms with van der Waals surface area (Å²) < 4.78 is 5.42. The van der Waals surface area contributed by atoms with E-state index in [2.05, 4.69) is 0 Å². The van der Waals surface area contributed by atoms with Gasteiger partial charge in [-0.2, -0.15) is 0 Å². The van der Waals surface area contributed by atoms with Crippen LogP contribution in [0.3, 0.4) is 0 Å². The number of nitrogens with zero attached hydrogens (tertiary/aromatic N) is 1. The van der Waals surface area contributed by atoms with Gasteiger partial charge in [0.05, 0.1) is 0 Å². The number of hydrogen-bond acceptors (Lipinski definition) is 3. The molecule has 0 aliphatic carbocycles. The molecule has 1 N–H and O–H groups in total. The normalized spacial score (nSPS) is 12.2. The number of rotatable bonds is 7. The smallest absolute Gasteiger partial charge is 0.337 e. The van der Waals surface area contributed by atoms with Crippen LogP contribution >= 0.6 is 0 Å². The summed E-state index contributed by atoms with van der Waals surface area (Å²) in [5.41, 5.74) is 1.72. The first kappa shape index (κ1) is 14.5. The van der Waals surface area contributed by atoms with Crippen LogP contribution in [0, 0.1) is 0 Å². The summed E-state index contributed by atoms with van der Waals surface area (Å²) in [6.45, 7) is 2.52. The highest BCUT2D eigenvalue weighted by Crippen LogP contribution is 2.21. The van der Waals surface area contributed by atoms with Gasteiger partial charge in [0.25, 0.3) is 0 Å². The lowest BCUT2D eigenvalue weighted by molar-refractivity contribution is -0.151. The Balaban J connectivity index is 2.76. The predicted molar refractivity (Wildman–Crippen MR) is 72.0 cm³/mol. The second-order valence-corrected chi connectivity index (χ2v) is 4.43. The van der Waals surface area contributed by atoms with Crippen LogP contribution in [0.25, 0.3) is 0 Å². The van der Waals surface area contributed by atoms with Gasteiger partial charge in [0, 0.05) is 26.4 Å². The Labute approximate surface area is 108 Å². The van der Waals surface area contributed by atoms with E-state index in [1.54, 1.807) is 12.1 Å². The Morgan fingerprint density at radius 3 is 2.39 bits per heavy atom. The summed E-state index contributed by atoms with van der Waals surface area (Å²) in [5.74, 6) is -0.941. The van der Waals surface area contributed by atoms with Gasteiger partial charge in [-0.25, -0.2) is 4.79 Å². The van der Waals surface area contributed by atoms with Crippen molar-refractivity contribution < 1.29 is 14.6 Å². The van der Waals surface area contributed by atoms with Crippen molar-refractivity contribution in [1.82, 2.24) is 0 Å². The van der Waals surface area contributed by atoms with Gasteiger partial charge in [0.1, 0.15) is 0 Å². The van der Waals surface area contributed by atoms with Crippen molar-refractivity contribution in [3.8, 4) is 0 Å². The first-order chi connectivity index (χ1) is 8.56. The van der Waals surface area contributed by atoms with Crippen molar-refractivity contribution in [2.24, 2.45) is 0 Å². The summed E-state index contributed by atoms with van der Waals surface area (Å²) in [6.07, 6.45) is 0.999. The summed E-state index contributed by atoms with van der Waals surface area (Å²) in [6, 6.07) is 7.41. The van der Waals surface area contributed by atoms with Gasteiger partial charge >= 0.3 is 5.97 Å². The molecule has 0 aromatic heterocycles. The van der Waals surface area contributed by atoms with E-state index in [1.807, 2.05) is 38.1 Å². The number of carboxylic acids is 1. The standard InChI is InChI=1S/C14H21NO3/c1-4-5-10-18-13(14(16)17)11-6-8-12(9-7-11)15(2)3/h6-9,13H,4-5,10H2,1-3H3,(H,16,17). The zero-order valence-electron chi connectivity index (χ0n) is 11.2. The molecule has 0 aliphatic heterocycles. The lowest BCUT2D eigenvalue weighted by Crippen LogP contribution is -2.16. The third kappa shape index (κ3) is 4.04. The Morgan fingerprint density at radius 1 is 1.33 bits per heavy atom. The van der Waals surface area contributed by atoms with Crippen LogP contribution in [-0.4, -0.2) is 31.8 Å². The van der Waals surface area contributed by atoms with Crippen LogP contribution in [0.5, 0.6) is 0 Å². The van der Waals surface area contributed by atoms with Gasteiger partial charge in [-0.15, -0.1) is 0 Å². The average Bonchev–Trinajstić information content (AvgIpc) is 2.34. The van der Waals surface area contributed by atoms with Gasteiger partial charge in [0.2, 0.25) is 0 Å². The maximum absolute atomic E-state index is 11.2. The quantitative estimate of drug-likeness (QED) is 0.757. The minimum atomic E-state index is -0.941. The monoisotopic (exact) mass is 251 g/mol. The van der Waals surface area contributed by atoms with Crippen LogP contribution in [0.15, 0.2) is 24.3 Å². The van der Waals surface area contributed by atoms with E-state index >= 15 is 0 Å². The maximum Gasteiger partial charge on any atom is 0.337 e. The van der Waals surface area contributed by atoms with Gasteiger partial charge in [0.15, 0.2) is 6.10 Å². The van der Waals surface area contributed by atoms with Crippen molar-refractivity contribution >= 4 is 11.7 Å². The van der Waals surface area contributed by atoms with Crippen LogP contribution < -0.4 is 4.90 Å². The van der Waals surface area contributed by atoms with Crippen LogP contribution in [0.1, 0.15) is 31.4 Å². The molecule has 1 unspecified atom stereocenters. The molecule has 100 valence electrons. The molecule has 0 heterocycles. The summed E-state index contributed by atoms with van der Waals surface area (Å²) in [7, 11) is 3.89. The van der Waals surface area contributed by atoms with Crippen molar-refractivity contribution in [3.05, 3.63) is 29.8 Å². The molecule has 1 aromatic carbocycles. The second kappa shape index (κ2) is 7.01. The molecule has 0 aliphatic rings. The highest BCUT2D eigenvalue weighted by molar-refractivity contribution is 5.74. The number of anilines is 1. The lowest BCUT2D eigenvalue weighted by atomic mass is 10.1. The van der Waals surface area contributed by atoms with Crippen LogP contribution in [0.4, 0.5) is 5.69 Å². The molecule has 1 aromatic rings. The molecule has 0 amide bonds. The fourth-order valence-corrected chi connectivity index (χ4v) is 1.60. The zero-order chi connectivity index (χ0) is 13.5. The van der Waals surface area contributed by atoms with Crippen molar-refractivity contribution in [1.29, 1.82) is 0 Å². The van der Waals surface area contributed by atoms with Crippen molar-refractivity contribution in [2.45, 2.75) is 25.9 Å². The molecule has 0 bridgehead atoms. The van der Waals surface area contributed by atoms with Gasteiger partial charge < -0.3 is 14.7 Å². The Morgan fingerprint density at radius 2 is 1.94 bits per heavy atom. The minimum absolute atomic E-state index is 0.475. The van der Waals surface area contributed by atoms with E-state index in [9.17, 15) is 4.79 Å². The number of carboxylic acid groups (broad SMARTS) is 1. The molecule has 0 saturated heterocycles. The molecule has 0 spiro atoms. The first-order valence-corrected chi connectivity index (χ1v) is 6.18. The molecule has 0 radical (unpaired) electrons. The summed E-state index contributed by atoms with van der Waals surface area (Å²) in [4.78, 5) is 13.1. The third-order valence-electron chi connectivity index (χ3n) is 2.72. The van der Waals surface area contributed by atoms with E-state index in [-0.39, 0.29) is 0 Å². The molecule has 0 saturated carbocycles. The predicted octanol–water partition coefficient (Wildman–Crippen LogP) is 2.70. The summed E-state index contributed by atoms with van der Waals surface area (Å²) >= 11 is 0. The molecule has 4 heteroatoms. The van der Waals surface area contributed by atoms with E-state index in [4.69, 9.17) is 9.84 Å². The van der Waals surface area contributed by atoms with Gasteiger partial charge in [-0.05, 0) is 24.1 Å². The molecular formula is C14H21NO3. The minimum Gasteiger partial charge on any atom is -0.479 e. The fourth-order valence-electron chi connectivity index (χ4n) is 1.60. The number of benzene rings is 1. The van der Waals surface area contributed by atoms with E-state index in [1.165, 1.54) is 0 Å². The average molecular weight is 251 g/mol. The van der Waals surface area contributed by atoms with E-state index < -0.39 is 12.1 Å². The molecule has 0 fully saturated rings. The number of hydrogen-bond donors (Lipinski definition) is 1. The number of carbonyl (C=O) groups is 1. The van der Waals surface area contributed by atoms with Crippen molar-refractivity contribution in [2.75, 3.05) is 25.6 Å². The fraction of sp³-hybridized carbons (Fsp3) is 0.500. The first-order valence-electron chi connectivity index (χ1n) is 6.18. The Bertz CT molecular complexity index is 373. The highest BCUT2D eigenvalue weighted by atomic mass is 16.5. The van der Waals surface area contributed by atoms with Crippen molar-refractivity contribution in [3.63, 3.8) is 0 Å². The molecule has 1 rings (SSSR count). The SMILES string of the molecule is CCCCOC(C(=O)O)c1ccc(N(C)C)cc1. The largest absolute Gasteiger partial charge is 0.479 e. The second-order valence-electron chi connectivity index (χ2n) is 4.43. The van der Waals surface area contributed by atoms with Gasteiger partial charge in [-0.1, -0.05) is 25.5 Å². The molecular weight excluding hydrogens is 230 g/mol. The maximum atomic E-state index is 11.2.